The van der Waals surface area contributed by atoms with E-state index in [1.807, 2.05) is 6.07 Å². The molecule has 1 aromatic heterocycles. The van der Waals surface area contributed by atoms with Crippen LogP contribution in [0.25, 0.3) is 0 Å². The molecule has 30 heavy (non-hydrogen) atoms. The zero-order valence-corrected chi connectivity index (χ0v) is 18.8. The van der Waals surface area contributed by atoms with Gasteiger partial charge in [-0.25, -0.2) is 0 Å². The molecule has 1 aromatic rings. The van der Waals surface area contributed by atoms with Crippen molar-refractivity contribution in [2.24, 2.45) is 34.5 Å². The van der Waals surface area contributed by atoms with Crippen molar-refractivity contribution in [1.82, 2.24) is 0 Å². The first-order chi connectivity index (χ1) is 14.4. The van der Waals surface area contributed by atoms with E-state index in [9.17, 15) is 5.11 Å². The summed E-state index contributed by atoms with van der Waals surface area (Å²) >= 11 is 0. The second kappa shape index (κ2) is 7.64. The highest BCUT2D eigenvalue weighted by Crippen LogP contribution is 2.70. The Morgan fingerprint density at radius 2 is 1.90 bits per heavy atom. The van der Waals surface area contributed by atoms with E-state index < -0.39 is 5.60 Å². The van der Waals surface area contributed by atoms with Gasteiger partial charge in [0.2, 0.25) is 0 Å². The van der Waals surface area contributed by atoms with Gasteiger partial charge in [0.15, 0.2) is 0 Å². The largest absolute Gasteiger partial charge is 0.472 e. The lowest BCUT2D eigenvalue weighted by Gasteiger charge is -2.61. The summed E-state index contributed by atoms with van der Waals surface area (Å²) < 4.78 is 11.5. The van der Waals surface area contributed by atoms with Crippen molar-refractivity contribution in [3.63, 3.8) is 0 Å². The van der Waals surface area contributed by atoms with Crippen molar-refractivity contribution in [3.8, 4) is 0 Å². The highest BCUT2D eigenvalue weighted by Gasteiger charge is 2.65. The number of aliphatic hydroxyl groups is 2. The summed E-state index contributed by atoms with van der Waals surface area (Å²) in [5, 5.41) is 20.9. The van der Waals surface area contributed by atoms with Gasteiger partial charge < -0.3 is 19.4 Å². The summed E-state index contributed by atoms with van der Waals surface area (Å²) in [6, 6.07) is 1.98. The maximum absolute atomic E-state index is 11.8. The van der Waals surface area contributed by atoms with Gasteiger partial charge in [0.1, 0.15) is 0 Å². The smallest absolute Gasteiger partial charge is 0.0983 e. The van der Waals surface area contributed by atoms with Gasteiger partial charge >= 0.3 is 0 Å². The Hall–Kier alpha value is -0.840. The maximum Gasteiger partial charge on any atom is 0.0983 e. The van der Waals surface area contributed by atoms with Gasteiger partial charge in [0, 0.05) is 24.2 Å². The predicted molar refractivity (Wildman–Crippen MR) is 116 cm³/mol. The molecule has 0 aromatic carbocycles. The molecule has 0 saturated heterocycles. The Bertz CT molecular complexity index is 731. The lowest BCUT2D eigenvalue weighted by molar-refractivity contribution is -0.165. The van der Waals surface area contributed by atoms with Crippen LogP contribution in [0.1, 0.15) is 83.6 Å². The topological polar surface area (TPSA) is 62.8 Å². The minimum absolute atomic E-state index is 0.0359. The van der Waals surface area contributed by atoms with Crippen LogP contribution in [0, 0.1) is 34.5 Å². The van der Waals surface area contributed by atoms with Crippen molar-refractivity contribution in [2.75, 3.05) is 13.2 Å². The van der Waals surface area contributed by atoms with E-state index in [1.165, 1.54) is 38.5 Å². The standard InChI is InChI=1S/C26H40O4/c1-24-10-6-20(30-14-3-13-27)16-18(24)4-5-21-22(24)7-11-25(2)23(21)8-12-26(25,28)19-9-15-29-17-19/h9,15,17-18,20-23,27-28H,3-8,10-14,16H2,1-2H3/t18?,20?,21-,22-,23+,24+,25+,26?/m1/s1. The summed E-state index contributed by atoms with van der Waals surface area (Å²) in [6.45, 7) is 5.87. The van der Waals surface area contributed by atoms with E-state index in [-0.39, 0.29) is 12.0 Å². The molecule has 4 saturated carbocycles. The number of fused-ring (bicyclic) bond motifs is 5. The molecule has 168 valence electrons. The third-order valence-corrected chi connectivity index (χ3v) is 10.4. The Morgan fingerprint density at radius 1 is 1.07 bits per heavy atom. The van der Waals surface area contributed by atoms with Crippen LogP contribution in [0.2, 0.25) is 0 Å². The number of ether oxygens (including phenoxy) is 1. The molecule has 8 atom stereocenters. The molecule has 0 spiro atoms. The molecule has 4 aliphatic rings. The van der Waals surface area contributed by atoms with Crippen LogP contribution in [0.3, 0.4) is 0 Å². The van der Waals surface area contributed by atoms with Gasteiger partial charge in [-0.05, 0) is 99.4 Å². The Morgan fingerprint density at radius 3 is 2.67 bits per heavy atom. The summed E-state index contributed by atoms with van der Waals surface area (Å²) in [5.41, 5.74) is 0.654. The van der Waals surface area contributed by atoms with Crippen molar-refractivity contribution < 1.29 is 19.4 Å². The first-order valence-electron chi connectivity index (χ1n) is 12.4. The molecule has 4 nitrogen and oxygen atoms in total. The zero-order chi connectivity index (χ0) is 21.0. The lowest BCUT2D eigenvalue weighted by Crippen LogP contribution is -2.56. The summed E-state index contributed by atoms with van der Waals surface area (Å²) in [7, 11) is 0. The molecule has 4 fully saturated rings. The van der Waals surface area contributed by atoms with E-state index in [0.717, 1.165) is 49.0 Å². The third-order valence-electron chi connectivity index (χ3n) is 10.4. The van der Waals surface area contributed by atoms with Crippen molar-refractivity contribution in [3.05, 3.63) is 24.2 Å². The van der Waals surface area contributed by atoms with Crippen LogP contribution < -0.4 is 0 Å². The monoisotopic (exact) mass is 416 g/mol. The second-order valence-corrected chi connectivity index (χ2v) is 11.4. The average Bonchev–Trinajstić information content (AvgIpc) is 3.36. The number of hydrogen-bond acceptors (Lipinski definition) is 4. The molecular weight excluding hydrogens is 376 g/mol. The fourth-order valence-electron chi connectivity index (χ4n) is 8.67. The van der Waals surface area contributed by atoms with Crippen LogP contribution in [-0.4, -0.2) is 29.5 Å². The summed E-state index contributed by atoms with van der Waals surface area (Å²) in [5.74, 6) is 2.93. The number of aliphatic hydroxyl groups excluding tert-OH is 1. The van der Waals surface area contributed by atoms with E-state index in [4.69, 9.17) is 14.3 Å². The second-order valence-electron chi connectivity index (χ2n) is 11.4. The molecular formula is C26H40O4. The SMILES string of the molecule is C[C@]12CCC(OCCCO)CC1CC[C@@H]1[C@H]2CC[C@@]2(C)[C@H]1CCC2(O)c1ccoc1. The van der Waals surface area contributed by atoms with Crippen LogP contribution in [0.5, 0.6) is 0 Å². The number of furan rings is 1. The zero-order valence-electron chi connectivity index (χ0n) is 18.8. The first kappa shape index (κ1) is 21.0. The fourth-order valence-corrected chi connectivity index (χ4v) is 8.67. The molecule has 4 heteroatoms. The lowest BCUT2D eigenvalue weighted by atomic mass is 9.44. The number of hydrogen-bond donors (Lipinski definition) is 2. The normalized spacial score (nSPS) is 48.1. The van der Waals surface area contributed by atoms with Crippen molar-refractivity contribution in [1.29, 1.82) is 0 Å². The van der Waals surface area contributed by atoms with Gasteiger partial charge in [-0.2, -0.15) is 0 Å². The van der Waals surface area contributed by atoms with Crippen molar-refractivity contribution in [2.45, 2.75) is 89.8 Å². The van der Waals surface area contributed by atoms with Gasteiger partial charge in [0.05, 0.1) is 24.2 Å². The third kappa shape index (κ3) is 2.97. The van der Waals surface area contributed by atoms with E-state index in [1.54, 1.807) is 12.5 Å². The Balaban J connectivity index is 1.34. The van der Waals surface area contributed by atoms with Crippen LogP contribution in [-0.2, 0) is 10.3 Å². The van der Waals surface area contributed by atoms with Gasteiger partial charge in [-0.3, -0.25) is 0 Å². The molecule has 4 aliphatic carbocycles. The number of rotatable bonds is 5. The summed E-state index contributed by atoms with van der Waals surface area (Å²) in [6.07, 6.45) is 15.3. The average molecular weight is 417 g/mol. The highest BCUT2D eigenvalue weighted by molar-refractivity contribution is 5.26. The predicted octanol–water partition coefficient (Wildman–Crippen LogP) is 5.28. The van der Waals surface area contributed by atoms with E-state index in [0.29, 0.717) is 24.0 Å². The molecule has 3 unspecified atom stereocenters. The highest BCUT2D eigenvalue weighted by atomic mass is 16.5. The molecule has 0 amide bonds. The minimum atomic E-state index is -0.731. The molecule has 0 bridgehead atoms. The van der Waals surface area contributed by atoms with Crippen LogP contribution in [0.15, 0.2) is 23.0 Å². The molecule has 0 aliphatic heterocycles. The van der Waals surface area contributed by atoms with Gasteiger partial charge in [-0.1, -0.05) is 13.8 Å². The van der Waals surface area contributed by atoms with Crippen molar-refractivity contribution >= 4 is 0 Å². The fraction of sp³-hybridized carbons (Fsp3) is 0.846. The molecule has 5 rings (SSSR count). The summed E-state index contributed by atoms with van der Waals surface area (Å²) in [4.78, 5) is 0. The first-order valence-corrected chi connectivity index (χ1v) is 12.4. The Kier molecular flexibility index (Phi) is 5.35. The molecule has 0 radical (unpaired) electrons. The van der Waals surface area contributed by atoms with Crippen LogP contribution >= 0.6 is 0 Å². The maximum atomic E-state index is 11.8. The Labute approximate surface area is 181 Å². The van der Waals surface area contributed by atoms with E-state index >= 15 is 0 Å². The molecule has 1 heterocycles. The van der Waals surface area contributed by atoms with Crippen LogP contribution in [0.4, 0.5) is 0 Å². The quantitative estimate of drug-likeness (QED) is 0.641. The minimum Gasteiger partial charge on any atom is -0.472 e. The van der Waals surface area contributed by atoms with Gasteiger partial charge in [-0.15, -0.1) is 0 Å². The van der Waals surface area contributed by atoms with Gasteiger partial charge in [0.25, 0.3) is 0 Å². The molecule has 2 N–H and O–H groups in total. The van der Waals surface area contributed by atoms with E-state index in [2.05, 4.69) is 13.8 Å².